The summed E-state index contributed by atoms with van der Waals surface area (Å²) in [5, 5.41) is 15.1. The van der Waals surface area contributed by atoms with E-state index in [9.17, 15) is 0 Å². The molecule has 3 aromatic rings. The number of nitrogens with one attached hydrogen (secondary N) is 2. The molecule has 2 N–H and O–H groups in total. The second kappa shape index (κ2) is 6.84. The first kappa shape index (κ1) is 16.2. The molecule has 3 rings (SSSR count). The van der Waals surface area contributed by atoms with Gasteiger partial charge in [0.25, 0.3) is 0 Å². The van der Waals surface area contributed by atoms with Gasteiger partial charge in [-0.05, 0) is 61.7 Å². The highest BCUT2D eigenvalue weighted by Gasteiger charge is 2.05. The van der Waals surface area contributed by atoms with Crippen molar-refractivity contribution < 1.29 is 0 Å². The lowest BCUT2D eigenvalue weighted by molar-refractivity contribution is 0.982. The molecule has 0 radical (unpaired) electrons. The molecule has 1 heterocycles. The Balaban J connectivity index is 1.82. The molecule has 0 aliphatic heterocycles. The van der Waals surface area contributed by atoms with E-state index in [4.69, 9.17) is 11.6 Å². The van der Waals surface area contributed by atoms with Crippen LogP contribution in [-0.2, 0) is 0 Å². The van der Waals surface area contributed by atoms with E-state index >= 15 is 0 Å². The van der Waals surface area contributed by atoms with Gasteiger partial charge >= 0.3 is 0 Å². The Morgan fingerprint density at radius 1 is 0.917 bits per heavy atom. The van der Waals surface area contributed by atoms with Crippen molar-refractivity contribution in [3.63, 3.8) is 0 Å². The van der Waals surface area contributed by atoms with Crippen LogP contribution in [0.1, 0.15) is 16.7 Å². The molecule has 6 heteroatoms. The summed E-state index contributed by atoms with van der Waals surface area (Å²) < 4.78 is 0. The Labute approximate surface area is 146 Å². The first-order valence-corrected chi connectivity index (χ1v) is 7.95. The minimum atomic E-state index is 0.435. The SMILES string of the molecule is Cc1cc(C)cc(Nc2nncc(Nc3cc(Cl)ccc3C)n2)c1. The van der Waals surface area contributed by atoms with E-state index in [1.54, 1.807) is 6.20 Å². The van der Waals surface area contributed by atoms with E-state index in [2.05, 4.69) is 45.7 Å². The maximum atomic E-state index is 6.05. The number of aromatic nitrogens is 3. The quantitative estimate of drug-likeness (QED) is 0.705. The summed E-state index contributed by atoms with van der Waals surface area (Å²) in [5.41, 5.74) is 5.25. The molecule has 0 spiro atoms. The van der Waals surface area contributed by atoms with Crippen LogP contribution in [0.3, 0.4) is 0 Å². The van der Waals surface area contributed by atoms with Crippen LogP contribution in [0, 0.1) is 20.8 Å². The zero-order chi connectivity index (χ0) is 17.1. The van der Waals surface area contributed by atoms with Crippen molar-refractivity contribution in [1.82, 2.24) is 15.2 Å². The van der Waals surface area contributed by atoms with E-state index < -0.39 is 0 Å². The number of halogens is 1. The molecule has 0 bridgehead atoms. The number of hydrogen-bond acceptors (Lipinski definition) is 5. The average molecular weight is 340 g/mol. The van der Waals surface area contributed by atoms with Crippen molar-refractivity contribution in [2.24, 2.45) is 0 Å². The Hall–Kier alpha value is -2.66. The molecule has 122 valence electrons. The van der Waals surface area contributed by atoms with E-state index in [0.717, 1.165) is 16.9 Å². The van der Waals surface area contributed by atoms with Crippen LogP contribution < -0.4 is 10.6 Å². The largest absolute Gasteiger partial charge is 0.339 e. The van der Waals surface area contributed by atoms with Gasteiger partial charge in [0.15, 0.2) is 5.82 Å². The van der Waals surface area contributed by atoms with Gasteiger partial charge in [-0.2, -0.15) is 10.1 Å². The third kappa shape index (κ3) is 4.00. The van der Waals surface area contributed by atoms with E-state index in [1.165, 1.54) is 11.1 Å². The molecule has 2 aromatic carbocycles. The smallest absolute Gasteiger partial charge is 0.249 e. The van der Waals surface area contributed by atoms with Gasteiger partial charge in [-0.3, -0.25) is 0 Å². The number of aryl methyl sites for hydroxylation is 3. The van der Waals surface area contributed by atoms with Gasteiger partial charge in [-0.1, -0.05) is 23.7 Å². The fourth-order valence-corrected chi connectivity index (χ4v) is 2.63. The minimum absolute atomic E-state index is 0.435. The van der Waals surface area contributed by atoms with Crippen LogP contribution in [0.4, 0.5) is 23.1 Å². The molecule has 0 amide bonds. The summed E-state index contributed by atoms with van der Waals surface area (Å²) in [6.45, 7) is 6.11. The van der Waals surface area contributed by atoms with Crippen LogP contribution in [-0.4, -0.2) is 15.2 Å². The fourth-order valence-electron chi connectivity index (χ4n) is 2.46. The van der Waals surface area contributed by atoms with Gasteiger partial charge in [0.05, 0.1) is 6.20 Å². The molecular formula is C18H18ClN5. The molecule has 0 saturated heterocycles. The lowest BCUT2D eigenvalue weighted by Crippen LogP contribution is -2.03. The summed E-state index contributed by atoms with van der Waals surface area (Å²) >= 11 is 6.05. The lowest BCUT2D eigenvalue weighted by Gasteiger charge is -2.10. The molecule has 0 aliphatic carbocycles. The molecular weight excluding hydrogens is 322 g/mol. The fraction of sp³-hybridized carbons (Fsp3) is 0.167. The average Bonchev–Trinajstić information content (AvgIpc) is 2.50. The second-order valence-electron chi connectivity index (χ2n) is 5.75. The van der Waals surface area contributed by atoms with Crippen LogP contribution >= 0.6 is 11.6 Å². The molecule has 5 nitrogen and oxygen atoms in total. The van der Waals surface area contributed by atoms with Crippen LogP contribution in [0.5, 0.6) is 0 Å². The van der Waals surface area contributed by atoms with E-state index in [1.807, 2.05) is 37.3 Å². The normalized spacial score (nSPS) is 10.5. The topological polar surface area (TPSA) is 62.7 Å². The maximum absolute atomic E-state index is 6.05. The standard InChI is InChI=1S/C18H18ClN5/c1-11-6-12(2)8-15(7-11)21-18-23-17(10-20-24-18)22-16-9-14(19)5-4-13(16)3/h4-10H,1-3H3,(H2,21,22,23,24). The Bertz CT molecular complexity index is 859. The maximum Gasteiger partial charge on any atom is 0.249 e. The minimum Gasteiger partial charge on any atom is -0.339 e. The van der Waals surface area contributed by atoms with Gasteiger partial charge < -0.3 is 10.6 Å². The molecule has 0 atom stereocenters. The Kier molecular flexibility index (Phi) is 4.62. The molecule has 24 heavy (non-hydrogen) atoms. The molecule has 0 fully saturated rings. The molecule has 0 unspecified atom stereocenters. The molecule has 0 aliphatic rings. The number of rotatable bonds is 4. The molecule has 1 aromatic heterocycles. The van der Waals surface area contributed by atoms with E-state index in [-0.39, 0.29) is 0 Å². The Morgan fingerprint density at radius 2 is 1.67 bits per heavy atom. The van der Waals surface area contributed by atoms with Crippen LogP contribution in [0.25, 0.3) is 0 Å². The highest BCUT2D eigenvalue weighted by Crippen LogP contribution is 2.24. The third-order valence-electron chi connectivity index (χ3n) is 3.50. The summed E-state index contributed by atoms with van der Waals surface area (Å²) in [4.78, 5) is 4.45. The monoisotopic (exact) mass is 339 g/mol. The number of benzene rings is 2. The van der Waals surface area contributed by atoms with Gasteiger partial charge in [-0.15, -0.1) is 5.10 Å². The predicted octanol–water partition coefficient (Wildman–Crippen LogP) is 4.94. The lowest BCUT2D eigenvalue weighted by atomic mass is 10.1. The zero-order valence-electron chi connectivity index (χ0n) is 13.8. The highest BCUT2D eigenvalue weighted by atomic mass is 35.5. The highest BCUT2D eigenvalue weighted by molar-refractivity contribution is 6.30. The van der Waals surface area contributed by atoms with Crippen LogP contribution in [0.15, 0.2) is 42.6 Å². The van der Waals surface area contributed by atoms with Crippen molar-refractivity contribution in [1.29, 1.82) is 0 Å². The van der Waals surface area contributed by atoms with Crippen molar-refractivity contribution >= 4 is 34.7 Å². The van der Waals surface area contributed by atoms with Crippen LogP contribution in [0.2, 0.25) is 5.02 Å². The van der Waals surface area contributed by atoms with Crippen molar-refractivity contribution in [2.45, 2.75) is 20.8 Å². The van der Waals surface area contributed by atoms with Crippen molar-refractivity contribution in [3.8, 4) is 0 Å². The summed E-state index contributed by atoms with van der Waals surface area (Å²) in [5.74, 6) is 1.03. The third-order valence-corrected chi connectivity index (χ3v) is 3.73. The summed E-state index contributed by atoms with van der Waals surface area (Å²) in [7, 11) is 0. The van der Waals surface area contributed by atoms with Crippen molar-refractivity contribution in [3.05, 3.63) is 64.3 Å². The predicted molar refractivity (Wildman–Crippen MR) is 98.5 cm³/mol. The van der Waals surface area contributed by atoms with E-state index in [0.29, 0.717) is 16.8 Å². The second-order valence-corrected chi connectivity index (χ2v) is 6.19. The zero-order valence-corrected chi connectivity index (χ0v) is 14.5. The number of nitrogens with zero attached hydrogens (tertiary/aromatic N) is 3. The number of anilines is 4. The Morgan fingerprint density at radius 3 is 2.42 bits per heavy atom. The summed E-state index contributed by atoms with van der Waals surface area (Å²) in [6, 6.07) is 11.9. The first-order chi connectivity index (χ1) is 11.5. The molecule has 0 saturated carbocycles. The van der Waals surface area contributed by atoms with Crippen molar-refractivity contribution in [2.75, 3.05) is 10.6 Å². The van der Waals surface area contributed by atoms with Gasteiger partial charge in [0.2, 0.25) is 5.95 Å². The van der Waals surface area contributed by atoms with Gasteiger partial charge in [0.1, 0.15) is 0 Å². The van der Waals surface area contributed by atoms with Gasteiger partial charge in [-0.25, -0.2) is 0 Å². The first-order valence-electron chi connectivity index (χ1n) is 7.58. The number of hydrogen-bond donors (Lipinski definition) is 2. The summed E-state index contributed by atoms with van der Waals surface area (Å²) in [6.07, 6.45) is 1.58. The van der Waals surface area contributed by atoms with Gasteiger partial charge in [0, 0.05) is 16.4 Å².